The molecule has 0 unspecified atom stereocenters. The molecule has 1 N–H and O–H groups in total. The van der Waals surface area contributed by atoms with Crippen molar-refractivity contribution in [1.82, 2.24) is 4.98 Å². The molecule has 0 bridgehead atoms. The zero-order valence-corrected chi connectivity index (χ0v) is 18.4. The number of aryl methyl sites for hydroxylation is 1. The molecule has 0 radical (unpaired) electrons. The minimum atomic E-state index is -1.06. The van der Waals surface area contributed by atoms with E-state index in [2.05, 4.69) is 4.98 Å². The van der Waals surface area contributed by atoms with Crippen molar-refractivity contribution >= 4 is 12.0 Å². The SMILES string of the molecule is CCO/C(=C/c1ccc(OCCc2nc(-c3ccccc3)oc2C)c2c1CCC2)C(=O)O. The number of oxazole rings is 1. The first-order chi connectivity index (χ1) is 15.6. The van der Waals surface area contributed by atoms with Crippen molar-refractivity contribution in [3.8, 4) is 17.2 Å². The fraction of sp³-hybridized carbons (Fsp3) is 0.308. The average Bonchev–Trinajstić information content (AvgIpc) is 3.43. The monoisotopic (exact) mass is 433 g/mol. The lowest BCUT2D eigenvalue weighted by atomic mass is 10.0. The van der Waals surface area contributed by atoms with Crippen molar-refractivity contribution in [2.75, 3.05) is 13.2 Å². The van der Waals surface area contributed by atoms with Crippen LogP contribution in [0.15, 0.2) is 52.6 Å². The lowest BCUT2D eigenvalue weighted by molar-refractivity contribution is -0.136. The lowest BCUT2D eigenvalue weighted by Crippen LogP contribution is -2.06. The Kier molecular flexibility index (Phi) is 6.59. The van der Waals surface area contributed by atoms with Gasteiger partial charge in [0.2, 0.25) is 11.6 Å². The van der Waals surface area contributed by atoms with Crippen LogP contribution < -0.4 is 4.74 Å². The number of carbonyl (C=O) groups is 1. The summed E-state index contributed by atoms with van der Waals surface area (Å²) < 4.78 is 17.2. The predicted molar refractivity (Wildman–Crippen MR) is 122 cm³/mol. The first-order valence-corrected chi connectivity index (χ1v) is 10.9. The van der Waals surface area contributed by atoms with Gasteiger partial charge in [-0.1, -0.05) is 24.3 Å². The Hall–Kier alpha value is -3.54. The van der Waals surface area contributed by atoms with E-state index in [1.54, 1.807) is 13.0 Å². The molecule has 166 valence electrons. The summed E-state index contributed by atoms with van der Waals surface area (Å²) in [5.74, 6) is 1.18. The summed E-state index contributed by atoms with van der Waals surface area (Å²) in [6, 6.07) is 13.7. The molecule has 1 heterocycles. The number of hydrogen-bond acceptors (Lipinski definition) is 5. The van der Waals surface area contributed by atoms with Gasteiger partial charge < -0.3 is 19.0 Å². The van der Waals surface area contributed by atoms with Crippen LogP contribution in [0.1, 0.15) is 41.5 Å². The molecule has 1 aliphatic rings. The molecule has 0 atom stereocenters. The van der Waals surface area contributed by atoms with Gasteiger partial charge in [0.1, 0.15) is 11.5 Å². The second kappa shape index (κ2) is 9.73. The maximum atomic E-state index is 11.4. The van der Waals surface area contributed by atoms with Crippen LogP contribution in [0.2, 0.25) is 0 Å². The van der Waals surface area contributed by atoms with E-state index < -0.39 is 5.97 Å². The van der Waals surface area contributed by atoms with Gasteiger partial charge in [-0.25, -0.2) is 9.78 Å². The van der Waals surface area contributed by atoms with Crippen molar-refractivity contribution in [3.63, 3.8) is 0 Å². The molecular weight excluding hydrogens is 406 g/mol. The normalized spacial score (nSPS) is 13.1. The fourth-order valence-corrected chi connectivity index (χ4v) is 4.06. The molecule has 32 heavy (non-hydrogen) atoms. The first-order valence-electron chi connectivity index (χ1n) is 10.9. The quantitative estimate of drug-likeness (QED) is 0.368. The number of carboxylic acids is 1. The molecule has 1 aromatic heterocycles. The van der Waals surface area contributed by atoms with Crippen LogP contribution in [-0.4, -0.2) is 29.3 Å². The van der Waals surface area contributed by atoms with Crippen LogP contribution in [0.25, 0.3) is 17.5 Å². The predicted octanol–water partition coefficient (Wildman–Crippen LogP) is 5.22. The molecule has 4 rings (SSSR count). The van der Waals surface area contributed by atoms with Crippen molar-refractivity contribution in [2.45, 2.75) is 39.5 Å². The molecule has 0 fully saturated rings. The zero-order chi connectivity index (χ0) is 22.5. The third-order valence-corrected chi connectivity index (χ3v) is 5.59. The minimum Gasteiger partial charge on any atom is -0.493 e. The summed E-state index contributed by atoms with van der Waals surface area (Å²) >= 11 is 0. The Balaban J connectivity index is 1.47. The second-order valence-electron chi connectivity index (χ2n) is 7.70. The van der Waals surface area contributed by atoms with Crippen LogP contribution in [0.4, 0.5) is 0 Å². The first kappa shape index (κ1) is 21.7. The maximum Gasteiger partial charge on any atom is 0.371 e. The van der Waals surface area contributed by atoms with Crippen molar-refractivity contribution in [2.24, 2.45) is 0 Å². The van der Waals surface area contributed by atoms with Gasteiger partial charge in [0.15, 0.2) is 0 Å². The van der Waals surface area contributed by atoms with Crippen LogP contribution in [0.3, 0.4) is 0 Å². The minimum absolute atomic E-state index is 0.0361. The van der Waals surface area contributed by atoms with Gasteiger partial charge in [0, 0.05) is 12.0 Å². The Bertz CT molecular complexity index is 1130. The number of benzene rings is 2. The summed E-state index contributed by atoms with van der Waals surface area (Å²) in [6.07, 6.45) is 5.11. The van der Waals surface area contributed by atoms with E-state index in [0.29, 0.717) is 25.5 Å². The molecule has 6 nitrogen and oxygen atoms in total. The van der Waals surface area contributed by atoms with Gasteiger partial charge in [-0.2, -0.15) is 0 Å². The smallest absolute Gasteiger partial charge is 0.371 e. The van der Waals surface area contributed by atoms with Crippen molar-refractivity contribution < 1.29 is 23.8 Å². The van der Waals surface area contributed by atoms with Gasteiger partial charge >= 0.3 is 5.97 Å². The third-order valence-electron chi connectivity index (χ3n) is 5.59. The van der Waals surface area contributed by atoms with Gasteiger partial charge in [-0.3, -0.25) is 0 Å². The number of carboxylic acid groups (broad SMARTS) is 1. The van der Waals surface area contributed by atoms with E-state index in [4.69, 9.17) is 13.9 Å². The Morgan fingerprint density at radius 3 is 2.69 bits per heavy atom. The van der Waals surface area contributed by atoms with Crippen LogP contribution in [0, 0.1) is 6.92 Å². The molecule has 3 aromatic rings. The maximum absolute atomic E-state index is 11.4. The van der Waals surface area contributed by atoms with Crippen LogP contribution in [0.5, 0.6) is 5.75 Å². The standard InChI is InChI=1S/C26H27NO5/c1-3-30-24(26(28)29)16-19-12-13-23(21-11-7-10-20(19)21)31-15-14-22-17(2)32-25(27-22)18-8-5-4-6-9-18/h4-6,8-9,12-13,16H,3,7,10-11,14-15H2,1-2H3,(H,28,29)/b24-16+. The van der Waals surface area contributed by atoms with Crippen LogP contribution >= 0.6 is 0 Å². The summed E-state index contributed by atoms with van der Waals surface area (Å²) in [5, 5.41) is 9.36. The highest BCUT2D eigenvalue weighted by Crippen LogP contribution is 2.34. The number of aliphatic carboxylic acids is 1. The average molecular weight is 434 g/mol. The molecule has 1 aliphatic carbocycles. The van der Waals surface area contributed by atoms with Gasteiger partial charge in [-0.15, -0.1) is 0 Å². The zero-order valence-electron chi connectivity index (χ0n) is 18.4. The molecular formula is C26H27NO5. The molecule has 0 saturated heterocycles. The van der Waals surface area contributed by atoms with Crippen LogP contribution in [-0.2, 0) is 28.8 Å². The van der Waals surface area contributed by atoms with Gasteiger partial charge in [0.05, 0.1) is 18.9 Å². The second-order valence-corrected chi connectivity index (χ2v) is 7.70. The largest absolute Gasteiger partial charge is 0.493 e. The van der Waals surface area contributed by atoms with E-state index in [1.807, 2.05) is 49.4 Å². The number of nitrogens with zero attached hydrogens (tertiary/aromatic N) is 1. The summed E-state index contributed by atoms with van der Waals surface area (Å²) in [4.78, 5) is 16.1. The topological polar surface area (TPSA) is 81.8 Å². The van der Waals surface area contributed by atoms with E-state index in [0.717, 1.165) is 58.7 Å². The lowest BCUT2D eigenvalue weighted by Gasteiger charge is -2.13. The van der Waals surface area contributed by atoms with E-state index in [1.165, 1.54) is 0 Å². The number of fused-ring (bicyclic) bond motifs is 1. The Morgan fingerprint density at radius 1 is 1.16 bits per heavy atom. The van der Waals surface area contributed by atoms with Crippen molar-refractivity contribution in [1.29, 1.82) is 0 Å². The van der Waals surface area contributed by atoms with Gasteiger partial charge in [0.25, 0.3) is 0 Å². The molecule has 0 spiro atoms. The Morgan fingerprint density at radius 2 is 1.94 bits per heavy atom. The summed E-state index contributed by atoms with van der Waals surface area (Å²) in [7, 11) is 0. The Labute approximate surface area is 187 Å². The summed E-state index contributed by atoms with van der Waals surface area (Å²) in [6.45, 7) is 4.50. The van der Waals surface area contributed by atoms with E-state index in [9.17, 15) is 9.90 Å². The van der Waals surface area contributed by atoms with Gasteiger partial charge in [-0.05, 0) is 74.1 Å². The van der Waals surface area contributed by atoms with E-state index >= 15 is 0 Å². The number of ether oxygens (including phenoxy) is 2. The number of rotatable bonds is 9. The summed E-state index contributed by atoms with van der Waals surface area (Å²) in [5.41, 5.74) is 5.03. The molecule has 0 amide bonds. The molecule has 0 aliphatic heterocycles. The highest BCUT2D eigenvalue weighted by atomic mass is 16.5. The molecule has 2 aromatic carbocycles. The number of aromatic nitrogens is 1. The molecule has 0 saturated carbocycles. The highest BCUT2D eigenvalue weighted by Gasteiger charge is 2.20. The van der Waals surface area contributed by atoms with E-state index in [-0.39, 0.29) is 5.76 Å². The highest BCUT2D eigenvalue weighted by molar-refractivity contribution is 5.90. The number of hydrogen-bond donors (Lipinski definition) is 1. The van der Waals surface area contributed by atoms with Crippen molar-refractivity contribution in [3.05, 3.63) is 76.4 Å². The fourth-order valence-electron chi connectivity index (χ4n) is 4.06. The molecule has 6 heteroatoms. The third kappa shape index (κ3) is 4.69.